The number of aromatic nitrogens is 4. The Bertz CT molecular complexity index is 2210. The molecular weight excluding hydrogens is 598 g/mol. The third-order valence-corrected chi connectivity index (χ3v) is 8.99. The second-order valence-electron chi connectivity index (χ2n) is 12.1. The van der Waals surface area contributed by atoms with Gasteiger partial charge >= 0.3 is 0 Å². The van der Waals surface area contributed by atoms with Gasteiger partial charge in [-0.05, 0) is 78.9 Å². The van der Waals surface area contributed by atoms with E-state index in [1.807, 2.05) is 61.7 Å². The van der Waals surface area contributed by atoms with Crippen molar-refractivity contribution < 1.29 is 14.3 Å². The van der Waals surface area contributed by atoms with Crippen LogP contribution in [-0.2, 0) is 13.0 Å². The predicted octanol–water partition coefficient (Wildman–Crippen LogP) is 7.77. The van der Waals surface area contributed by atoms with Crippen molar-refractivity contribution in [1.29, 1.82) is 0 Å². The fourth-order valence-electron chi connectivity index (χ4n) is 6.46. The predicted molar refractivity (Wildman–Crippen MR) is 189 cm³/mol. The summed E-state index contributed by atoms with van der Waals surface area (Å²) in [6.45, 7) is 4.63. The van der Waals surface area contributed by atoms with Gasteiger partial charge in [0.05, 0.1) is 44.3 Å². The topological polar surface area (TPSA) is 83.2 Å². The molecule has 5 aromatic carbocycles. The van der Waals surface area contributed by atoms with Gasteiger partial charge in [0.25, 0.3) is 5.91 Å². The standard InChI is InChI=1S/C40H37N5O3/c1-26-17-19-33(40(46)41-34(22-28-12-6-5-11-27(28)2)29-18-20-38(47-3)39(23-29)48-4)37(21-26)45-25-30(42-43-45)24-44-35-15-9-7-13-31(35)32-14-8-10-16-36(32)44/h5-21,23,25,34H,22,24H2,1-4H3,(H,41,46). The molecule has 7 rings (SSSR count). The first-order chi connectivity index (χ1) is 23.4. The molecule has 0 aliphatic carbocycles. The lowest BCUT2D eigenvalue weighted by molar-refractivity contribution is 0.0936. The van der Waals surface area contributed by atoms with E-state index in [0.29, 0.717) is 35.7 Å². The summed E-state index contributed by atoms with van der Waals surface area (Å²) in [5.74, 6) is 1.03. The van der Waals surface area contributed by atoms with Crippen molar-refractivity contribution in [3.05, 3.63) is 149 Å². The fraction of sp³-hybridized carbons (Fsp3) is 0.175. The normalized spacial score (nSPS) is 11.9. The lowest BCUT2D eigenvalue weighted by Gasteiger charge is -2.22. The highest BCUT2D eigenvalue weighted by Crippen LogP contribution is 2.33. The third-order valence-electron chi connectivity index (χ3n) is 8.99. The SMILES string of the molecule is COc1ccc(C(Cc2ccccc2C)NC(=O)c2ccc(C)cc2-n2cc(Cn3c4ccccc4c4ccccc43)nn2)cc1OC. The molecule has 48 heavy (non-hydrogen) atoms. The van der Waals surface area contributed by atoms with Crippen LogP contribution in [0.2, 0.25) is 0 Å². The van der Waals surface area contributed by atoms with E-state index in [0.717, 1.165) is 39.0 Å². The zero-order valence-electron chi connectivity index (χ0n) is 27.5. The molecule has 8 nitrogen and oxygen atoms in total. The molecule has 2 aromatic heterocycles. The molecule has 0 radical (unpaired) electrons. The molecule has 0 spiro atoms. The highest BCUT2D eigenvalue weighted by molar-refractivity contribution is 6.08. The number of amides is 1. The first-order valence-electron chi connectivity index (χ1n) is 16.0. The van der Waals surface area contributed by atoms with Gasteiger partial charge in [-0.15, -0.1) is 5.10 Å². The second kappa shape index (κ2) is 13.1. The smallest absolute Gasteiger partial charge is 0.253 e. The third kappa shape index (κ3) is 5.88. The molecule has 0 fully saturated rings. The molecule has 1 unspecified atom stereocenters. The van der Waals surface area contributed by atoms with Gasteiger partial charge in [0, 0.05) is 21.8 Å². The quantitative estimate of drug-likeness (QED) is 0.166. The van der Waals surface area contributed by atoms with Crippen LogP contribution in [0, 0.1) is 13.8 Å². The molecule has 0 saturated heterocycles. The van der Waals surface area contributed by atoms with E-state index in [2.05, 4.69) is 87.8 Å². The highest BCUT2D eigenvalue weighted by atomic mass is 16.5. The Hall–Kier alpha value is -5.89. The Morgan fingerprint density at radius 1 is 0.792 bits per heavy atom. The maximum Gasteiger partial charge on any atom is 0.253 e. The summed E-state index contributed by atoms with van der Waals surface area (Å²) < 4.78 is 15.1. The lowest BCUT2D eigenvalue weighted by atomic mass is 9.95. The van der Waals surface area contributed by atoms with E-state index in [1.165, 1.54) is 10.8 Å². The monoisotopic (exact) mass is 635 g/mol. The highest BCUT2D eigenvalue weighted by Gasteiger charge is 2.22. The molecule has 1 atom stereocenters. The summed E-state index contributed by atoms with van der Waals surface area (Å²) in [6.07, 6.45) is 2.51. The number of carbonyl (C=O) groups is 1. The van der Waals surface area contributed by atoms with Crippen LogP contribution >= 0.6 is 0 Å². The lowest BCUT2D eigenvalue weighted by Crippen LogP contribution is -2.31. The Balaban J connectivity index is 1.22. The largest absolute Gasteiger partial charge is 0.493 e. The van der Waals surface area contributed by atoms with Crippen molar-refractivity contribution in [2.45, 2.75) is 32.9 Å². The number of nitrogens with one attached hydrogen (secondary N) is 1. The number of hydrogen-bond donors (Lipinski definition) is 1. The summed E-state index contributed by atoms with van der Waals surface area (Å²) in [5.41, 5.74) is 8.46. The molecule has 1 amide bonds. The summed E-state index contributed by atoms with van der Waals surface area (Å²) in [5, 5.41) is 14.8. The molecule has 1 N–H and O–H groups in total. The van der Waals surface area contributed by atoms with E-state index >= 15 is 0 Å². The Morgan fingerprint density at radius 2 is 1.48 bits per heavy atom. The Labute approximate surface area is 279 Å². The summed E-state index contributed by atoms with van der Waals surface area (Å²) in [6, 6.07) is 36.2. The molecule has 0 aliphatic heterocycles. The minimum absolute atomic E-state index is 0.210. The molecule has 0 saturated carbocycles. The van der Waals surface area contributed by atoms with Crippen molar-refractivity contribution >= 4 is 27.7 Å². The molecule has 0 bridgehead atoms. The average Bonchev–Trinajstić information content (AvgIpc) is 3.71. The van der Waals surface area contributed by atoms with Gasteiger partial charge in [-0.3, -0.25) is 4.79 Å². The van der Waals surface area contributed by atoms with Gasteiger partial charge in [-0.25, -0.2) is 4.68 Å². The summed E-state index contributed by atoms with van der Waals surface area (Å²) in [7, 11) is 3.23. The number of para-hydroxylation sites is 2. The van der Waals surface area contributed by atoms with Crippen LogP contribution in [0.25, 0.3) is 27.5 Å². The fourth-order valence-corrected chi connectivity index (χ4v) is 6.46. The van der Waals surface area contributed by atoms with Crippen LogP contribution in [-0.4, -0.2) is 39.7 Å². The average molecular weight is 636 g/mol. The number of carbonyl (C=O) groups excluding carboxylic acids is 1. The first-order valence-corrected chi connectivity index (χ1v) is 16.0. The number of methoxy groups -OCH3 is 2. The van der Waals surface area contributed by atoms with Crippen LogP contribution in [0.5, 0.6) is 11.5 Å². The minimum Gasteiger partial charge on any atom is -0.493 e. The summed E-state index contributed by atoms with van der Waals surface area (Å²) >= 11 is 0. The van der Waals surface area contributed by atoms with Gasteiger partial charge in [0.2, 0.25) is 0 Å². The molecule has 0 aliphatic rings. The second-order valence-corrected chi connectivity index (χ2v) is 12.1. The number of ether oxygens (including phenoxy) is 2. The van der Waals surface area contributed by atoms with Crippen molar-refractivity contribution in [2.24, 2.45) is 0 Å². The van der Waals surface area contributed by atoms with Gasteiger partial charge in [-0.2, -0.15) is 0 Å². The molecule has 8 heteroatoms. The van der Waals surface area contributed by atoms with Crippen molar-refractivity contribution in [3.63, 3.8) is 0 Å². The first kappa shape index (κ1) is 30.7. The van der Waals surface area contributed by atoms with E-state index in [4.69, 9.17) is 9.47 Å². The van der Waals surface area contributed by atoms with Gasteiger partial charge in [0.15, 0.2) is 11.5 Å². The van der Waals surface area contributed by atoms with Gasteiger partial charge in [0.1, 0.15) is 5.69 Å². The van der Waals surface area contributed by atoms with E-state index in [-0.39, 0.29) is 11.9 Å². The Kier molecular flexibility index (Phi) is 8.38. The van der Waals surface area contributed by atoms with Crippen molar-refractivity contribution in [3.8, 4) is 17.2 Å². The number of hydrogen-bond acceptors (Lipinski definition) is 5. The number of benzene rings is 5. The van der Waals surface area contributed by atoms with E-state index < -0.39 is 0 Å². The number of nitrogens with zero attached hydrogens (tertiary/aromatic N) is 4. The maximum absolute atomic E-state index is 14.2. The van der Waals surface area contributed by atoms with Crippen molar-refractivity contribution in [2.75, 3.05) is 14.2 Å². The number of aryl methyl sites for hydroxylation is 2. The minimum atomic E-state index is -0.339. The van der Waals surface area contributed by atoms with Crippen LogP contribution in [0.4, 0.5) is 0 Å². The van der Waals surface area contributed by atoms with Crippen LogP contribution in [0.3, 0.4) is 0 Å². The van der Waals surface area contributed by atoms with Crippen LogP contribution in [0.15, 0.2) is 115 Å². The molecule has 2 heterocycles. The molecule has 7 aromatic rings. The van der Waals surface area contributed by atoms with Gasteiger partial charge < -0.3 is 19.4 Å². The van der Waals surface area contributed by atoms with Gasteiger partial charge in [-0.1, -0.05) is 78.0 Å². The zero-order chi connectivity index (χ0) is 33.2. The maximum atomic E-state index is 14.2. The molecular formula is C40H37N5O3. The molecule has 240 valence electrons. The van der Waals surface area contributed by atoms with Crippen LogP contribution < -0.4 is 14.8 Å². The van der Waals surface area contributed by atoms with Crippen LogP contribution in [0.1, 0.15) is 44.3 Å². The van der Waals surface area contributed by atoms with E-state index in [9.17, 15) is 4.79 Å². The van der Waals surface area contributed by atoms with Crippen molar-refractivity contribution in [1.82, 2.24) is 24.9 Å². The summed E-state index contributed by atoms with van der Waals surface area (Å²) in [4.78, 5) is 14.2. The number of fused-ring (bicyclic) bond motifs is 3. The van der Waals surface area contributed by atoms with E-state index in [1.54, 1.807) is 18.9 Å². The number of rotatable bonds is 10. The Morgan fingerprint density at radius 3 is 2.19 bits per heavy atom. The zero-order valence-corrected chi connectivity index (χ0v) is 27.5.